The van der Waals surface area contributed by atoms with Gasteiger partial charge in [-0.2, -0.15) is 0 Å². The first kappa shape index (κ1) is 25.6. The molecule has 0 heterocycles. The number of sulfone groups is 1. The number of nitrogens with one attached hydrogen (secondary N) is 1. The van der Waals surface area contributed by atoms with Gasteiger partial charge in [0.1, 0.15) is 17.3 Å². The molecule has 2 rings (SSSR count). The number of hydrogen-bond donors (Lipinski definition) is 1. The fraction of sp³-hybridized carbons (Fsp3) is 0.318. The van der Waals surface area contributed by atoms with Crippen LogP contribution >= 0.6 is 0 Å². The van der Waals surface area contributed by atoms with Crippen LogP contribution in [0.25, 0.3) is 10.4 Å². The molecule has 0 saturated heterocycles. The van der Waals surface area contributed by atoms with E-state index >= 15 is 0 Å². The van der Waals surface area contributed by atoms with Crippen LogP contribution in [0.2, 0.25) is 0 Å². The number of benzene rings is 1. The number of amides is 1. The summed E-state index contributed by atoms with van der Waals surface area (Å²) >= 11 is 0. The molecule has 1 aromatic carbocycles. The Morgan fingerprint density at radius 1 is 1.24 bits per heavy atom. The first-order valence-electron chi connectivity index (χ1n) is 9.82. The second-order valence-electron chi connectivity index (χ2n) is 6.88. The molecule has 11 heteroatoms. The van der Waals surface area contributed by atoms with Gasteiger partial charge in [-0.3, -0.25) is 4.79 Å². The molecule has 1 aliphatic rings. The molecule has 1 amide bonds. The SMILES string of the molecule is CNc1cc(CS(=O)(=O)/C=C\CC2=C(OC)C=C(OC)C=CC2C(=O)N=[N+]=[N-])ccc1OC. The molecule has 0 saturated carbocycles. The Labute approximate surface area is 192 Å². The maximum atomic E-state index is 12.7. The number of azide groups is 1. The normalized spacial score (nSPS) is 16.0. The van der Waals surface area contributed by atoms with Crippen LogP contribution in [0.4, 0.5) is 5.69 Å². The van der Waals surface area contributed by atoms with E-state index in [1.165, 1.54) is 33.5 Å². The predicted octanol–water partition coefficient (Wildman–Crippen LogP) is 4.01. The lowest BCUT2D eigenvalue weighted by molar-refractivity contribution is -0.119. The van der Waals surface area contributed by atoms with Gasteiger partial charge >= 0.3 is 0 Å². The molecule has 176 valence electrons. The first-order chi connectivity index (χ1) is 15.8. The quantitative estimate of drug-likeness (QED) is 0.307. The molecular formula is C22H26N4O6S. The van der Waals surface area contributed by atoms with E-state index in [2.05, 4.69) is 15.3 Å². The van der Waals surface area contributed by atoms with Crippen LogP contribution in [0.3, 0.4) is 0 Å². The van der Waals surface area contributed by atoms with Crippen molar-refractivity contribution in [1.82, 2.24) is 0 Å². The van der Waals surface area contributed by atoms with Crippen molar-refractivity contribution in [2.75, 3.05) is 33.7 Å². The van der Waals surface area contributed by atoms with E-state index in [1.807, 2.05) is 0 Å². The van der Waals surface area contributed by atoms with Gasteiger partial charge < -0.3 is 19.5 Å². The van der Waals surface area contributed by atoms with Crippen LogP contribution in [0.5, 0.6) is 5.75 Å². The Kier molecular flexibility index (Phi) is 9.14. The number of methoxy groups -OCH3 is 3. The van der Waals surface area contributed by atoms with E-state index < -0.39 is 21.7 Å². The van der Waals surface area contributed by atoms with Crippen molar-refractivity contribution < 1.29 is 27.4 Å². The summed E-state index contributed by atoms with van der Waals surface area (Å²) in [6, 6.07) is 5.08. The highest BCUT2D eigenvalue weighted by Crippen LogP contribution is 2.29. The third-order valence-corrected chi connectivity index (χ3v) is 6.17. The van der Waals surface area contributed by atoms with Crippen molar-refractivity contribution in [2.45, 2.75) is 12.2 Å². The number of carbonyl (C=O) groups is 1. The molecule has 0 aromatic heterocycles. The zero-order chi connectivity index (χ0) is 24.4. The van der Waals surface area contributed by atoms with Crippen molar-refractivity contribution in [1.29, 1.82) is 0 Å². The second-order valence-corrected chi connectivity index (χ2v) is 8.76. The first-order valence-corrected chi connectivity index (χ1v) is 11.5. The molecule has 1 aromatic rings. The van der Waals surface area contributed by atoms with E-state index in [9.17, 15) is 13.2 Å². The molecular weight excluding hydrogens is 448 g/mol. The van der Waals surface area contributed by atoms with Gasteiger partial charge in [0.15, 0.2) is 9.84 Å². The van der Waals surface area contributed by atoms with E-state index in [4.69, 9.17) is 19.7 Å². The van der Waals surface area contributed by atoms with Crippen molar-refractivity contribution in [2.24, 2.45) is 11.0 Å². The topological polar surface area (TPSA) is 140 Å². The zero-order valence-electron chi connectivity index (χ0n) is 18.8. The van der Waals surface area contributed by atoms with Crippen LogP contribution in [0.1, 0.15) is 12.0 Å². The third-order valence-electron chi connectivity index (χ3n) is 4.83. The van der Waals surface area contributed by atoms with Gasteiger partial charge in [0, 0.05) is 23.4 Å². The number of carbonyl (C=O) groups excluding carboxylic acids is 1. The molecule has 10 nitrogen and oxygen atoms in total. The van der Waals surface area contributed by atoms with Gasteiger partial charge in [0.25, 0.3) is 0 Å². The van der Waals surface area contributed by atoms with Crippen LogP contribution < -0.4 is 10.1 Å². The largest absolute Gasteiger partial charge is 0.497 e. The van der Waals surface area contributed by atoms with Crippen LogP contribution in [0.15, 0.2) is 70.1 Å². The number of allylic oxidation sites excluding steroid dienone is 3. The molecule has 0 fully saturated rings. The number of hydrogen-bond acceptors (Lipinski definition) is 7. The highest BCUT2D eigenvalue weighted by molar-refractivity contribution is 7.93. The molecule has 33 heavy (non-hydrogen) atoms. The summed E-state index contributed by atoms with van der Waals surface area (Å²) in [6.07, 6.45) is 6.16. The lowest BCUT2D eigenvalue weighted by atomic mass is 9.94. The van der Waals surface area contributed by atoms with Crippen molar-refractivity contribution in [3.05, 3.63) is 81.0 Å². The Morgan fingerprint density at radius 3 is 2.61 bits per heavy atom. The predicted molar refractivity (Wildman–Crippen MR) is 125 cm³/mol. The van der Waals surface area contributed by atoms with Crippen molar-refractivity contribution in [3.8, 4) is 5.75 Å². The minimum Gasteiger partial charge on any atom is -0.497 e. The van der Waals surface area contributed by atoms with Gasteiger partial charge in [0.05, 0.1) is 38.7 Å². The van der Waals surface area contributed by atoms with E-state index in [0.717, 1.165) is 5.41 Å². The molecule has 0 bridgehead atoms. The third kappa shape index (κ3) is 6.90. The summed E-state index contributed by atoms with van der Waals surface area (Å²) in [7, 11) is 2.52. The average Bonchev–Trinajstić information content (AvgIpc) is 2.97. The molecule has 1 N–H and O–H groups in total. The van der Waals surface area contributed by atoms with Crippen LogP contribution in [0, 0.1) is 5.92 Å². The van der Waals surface area contributed by atoms with Crippen molar-refractivity contribution in [3.63, 3.8) is 0 Å². The van der Waals surface area contributed by atoms with E-state index in [0.29, 0.717) is 34.1 Å². The van der Waals surface area contributed by atoms with Crippen molar-refractivity contribution >= 4 is 21.4 Å². The molecule has 1 aliphatic carbocycles. The molecule has 0 radical (unpaired) electrons. The highest BCUT2D eigenvalue weighted by Gasteiger charge is 2.24. The Morgan fingerprint density at radius 2 is 2.00 bits per heavy atom. The summed E-state index contributed by atoms with van der Waals surface area (Å²) in [4.78, 5) is 14.9. The summed E-state index contributed by atoms with van der Waals surface area (Å²) in [6.45, 7) is 0. The second kappa shape index (κ2) is 11.8. The number of nitrogens with zero attached hydrogens (tertiary/aromatic N) is 3. The van der Waals surface area contributed by atoms with E-state index in [-0.39, 0.29) is 12.2 Å². The fourth-order valence-electron chi connectivity index (χ4n) is 3.26. The van der Waals surface area contributed by atoms with Gasteiger partial charge in [-0.15, -0.1) is 0 Å². The monoisotopic (exact) mass is 474 g/mol. The Hall–Kier alpha value is -3.69. The summed E-state index contributed by atoms with van der Waals surface area (Å²) in [5.41, 5.74) is 10.4. The number of anilines is 1. The average molecular weight is 475 g/mol. The highest BCUT2D eigenvalue weighted by atomic mass is 32.2. The van der Waals surface area contributed by atoms with Gasteiger partial charge in [-0.1, -0.05) is 18.2 Å². The van der Waals surface area contributed by atoms with Gasteiger partial charge in [-0.25, -0.2) is 8.42 Å². The minimum atomic E-state index is -3.61. The Balaban J connectivity index is 2.30. The summed E-state index contributed by atoms with van der Waals surface area (Å²) in [5.74, 6) is -0.525. The van der Waals surface area contributed by atoms with Gasteiger partial charge in [-0.05, 0) is 46.4 Å². The maximum absolute atomic E-state index is 12.7. The molecule has 1 unspecified atom stereocenters. The van der Waals surface area contributed by atoms with Crippen LogP contribution in [-0.2, 0) is 29.9 Å². The zero-order valence-corrected chi connectivity index (χ0v) is 19.6. The summed E-state index contributed by atoms with van der Waals surface area (Å²) < 4.78 is 41.2. The smallest absolute Gasteiger partial charge is 0.229 e. The van der Waals surface area contributed by atoms with Crippen LogP contribution in [-0.4, -0.2) is 42.7 Å². The molecule has 0 aliphatic heterocycles. The lowest BCUT2D eigenvalue weighted by Crippen LogP contribution is -2.13. The molecule has 1 atom stereocenters. The van der Waals surface area contributed by atoms with Gasteiger partial charge in [0.2, 0.25) is 5.91 Å². The lowest BCUT2D eigenvalue weighted by Gasteiger charge is -2.15. The van der Waals surface area contributed by atoms with E-state index in [1.54, 1.807) is 37.4 Å². The summed E-state index contributed by atoms with van der Waals surface area (Å²) in [5, 5.41) is 7.24. The maximum Gasteiger partial charge on any atom is 0.229 e. The minimum absolute atomic E-state index is 0.0714. The number of ether oxygens (including phenoxy) is 3. The molecule has 0 spiro atoms. The standard InChI is InChI=1S/C22H26N4O6S/c1-24-19-12-15(7-10-20(19)31-3)14-33(28,29)11-5-6-17-18(22(27)25-26-23)9-8-16(30-2)13-21(17)32-4/h5,7-13,18,24H,6,14H2,1-4H3/b11-5-. The Bertz CT molecular complexity index is 1160. The number of rotatable bonds is 10. The fourth-order valence-corrected chi connectivity index (χ4v) is 4.38.